The van der Waals surface area contributed by atoms with Crippen molar-refractivity contribution in [2.24, 2.45) is 0 Å². The maximum Gasteiger partial charge on any atom is 0.357 e. The summed E-state index contributed by atoms with van der Waals surface area (Å²) in [5.74, 6) is -2.21. The number of rotatable bonds is 7. The minimum atomic E-state index is -1.10. The van der Waals surface area contributed by atoms with Crippen LogP contribution in [0.5, 0.6) is 0 Å². The van der Waals surface area contributed by atoms with Crippen LogP contribution in [0.4, 0.5) is 5.13 Å². The molecule has 1 aliphatic heterocycles. The fourth-order valence-corrected chi connectivity index (χ4v) is 4.13. The maximum atomic E-state index is 13.2. The summed E-state index contributed by atoms with van der Waals surface area (Å²) in [7, 11) is 0. The molecule has 32 heavy (non-hydrogen) atoms. The Hall–Kier alpha value is -3.85. The molecule has 0 fully saturated rings. The highest BCUT2D eigenvalue weighted by atomic mass is 32.1. The van der Waals surface area contributed by atoms with E-state index < -0.39 is 29.7 Å². The third-order valence-corrected chi connectivity index (χ3v) is 5.69. The molecular weight excluding hydrogens is 430 g/mol. The van der Waals surface area contributed by atoms with Gasteiger partial charge in [-0.2, -0.15) is 0 Å². The summed E-state index contributed by atoms with van der Waals surface area (Å²) in [6.45, 7) is 1.89. The fraction of sp³-hybridized carbons (Fsp3) is 0.174. The molecular formula is C23H19N3O5S. The standard InChI is InChI=1S/C23H19N3O5S/c1-2-31-22(30)17-13-32-23(24-17)25-19(27)18(12-14-8-4-3-5-9-14)26-20(28)15-10-6-7-11-16(15)21(26)29/h3-11,13,18H,2,12H2,1H3,(H,24,25,27). The Balaban J connectivity index is 1.62. The van der Waals surface area contributed by atoms with Gasteiger partial charge < -0.3 is 10.1 Å². The van der Waals surface area contributed by atoms with Crippen molar-refractivity contribution in [3.8, 4) is 0 Å². The second-order valence-corrected chi connectivity index (χ2v) is 7.84. The van der Waals surface area contributed by atoms with Gasteiger partial charge in [0.05, 0.1) is 17.7 Å². The molecule has 4 rings (SSSR count). The smallest absolute Gasteiger partial charge is 0.357 e. The lowest BCUT2D eigenvalue weighted by molar-refractivity contribution is -0.119. The van der Waals surface area contributed by atoms with Gasteiger partial charge >= 0.3 is 5.97 Å². The van der Waals surface area contributed by atoms with Gasteiger partial charge in [-0.1, -0.05) is 42.5 Å². The normalized spacial score (nSPS) is 13.6. The summed E-state index contributed by atoms with van der Waals surface area (Å²) in [6, 6.07) is 14.5. The van der Waals surface area contributed by atoms with E-state index in [-0.39, 0.29) is 35.0 Å². The van der Waals surface area contributed by atoms with Gasteiger partial charge in [0, 0.05) is 11.8 Å². The van der Waals surface area contributed by atoms with Crippen molar-refractivity contribution in [2.75, 3.05) is 11.9 Å². The van der Waals surface area contributed by atoms with Crippen LogP contribution in [0.2, 0.25) is 0 Å². The first-order valence-electron chi connectivity index (χ1n) is 9.94. The molecule has 8 nitrogen and oxygen atoms in total. The van der Waals surface area contributed by atoms with Gasteiger partial charge in [-0.05, 0) is 24.6 Å². The van der Waals surface area contributed by atoms with Crippen molar-refractivity contribution in [1.82, 2.24) is 9.88 Å². The third kappa shape index (κ3) is 4.15. The van der Waals surface area contributed by atoms with Gasteiger partial charge in [-0.3, -0.25) is 19.3 Å². The summed E-state index contributed by atoms with van der Waals surface area (Å²) in [5, 5.41) is 4.29. The van der Waals surface area contributed by atoms with Crippen LogP contribution in [0, 0.1) is 0 Å². The number of thiazole rings is 1. The van der Waals surface area contributed by atoms with Gasteiger partial charge in [0.2, 0.25) is 5.91 Å². The number of amides is 3. The molecule has 0 bridgehead atoms. The van der Waals surface area contributed by atoms with Crippen LogP contribution in [0.15, 0.2) is 60.0 Å². The van der Waals surface area contributed by atoms with Crippen molar-refractivity contribution < 1.29 is 23.9 Å². The van der Waals surface area contributed by atoms with Crippen LogP contribution < -0.4 is 5.32 Å². The first kappa shape index (κ1) is 21.4. The van der Waals surface area contributed by atoms with Gasteiger partial charge in [0.25, 0.3) is 11.8 Å². The largest absolute Gasteiger partial charge is 0.461 e. The summed E-state index contributed by atoms with van der Waals surface area (Å²) in [5.41, 5.74) is 1.40. The lowest BCUT2D eigenvalue weighted by atomic mass is 10.0. The minimum absolute atomic E-state index is 0.0764. The summed E-state index contributed by atoms with van der Waals surface area (Å²) in [4.78, 5) is 56.2. The first-order chi connectivity index (χ1) is 15.5. The third-order valence-electron chi connectivity index (χ3n) is 4.93. The number of nitrogens with zero attached hydrogens (tertiary/aromatic N) is 2. The molecule has 9 heteroatoms. The topological polar surface area (TPSA) is 106 Å². The fourth-order valence-electron chi connectivity index (χ4n) is 3.45. The Labute approximate surface area is 187 Å². The van der Waals surface area contributed by atoms with Crippen LogP contribution in [0.1, 0.15) is 43.7 Å². The second kappa shape index (κ2) is 9.11. The Morgan fingerprint density at radius 3 is 2.28 bits per heavy atom. The number of benzene rings is 2. The van der Waals surface area contributed by atoms with E-state index >= 15 is 0 Å². The zero-order valence-corrected chi connectivity index (χ0v) is 17.9. The number of ether oxygens (including phenoxy) is 1. The Kier molecular flexibility index (Phi) is 6.09. The summed E-state index contributed by atoms with van der Waals surface area (Å²) >= 11 is 1.05. The van der Waals surface area contributed by atoms with Gasteiger partial charge in [-0.15, -0.1) is 11.3 Å². The van der Waals surface area contributed by atoms with Crippen LogP contribution in [-0.2, 0) is 16.0 Å². The molecule has 1 aliphatic rings. The van der Waals surface area contributed by atoms with Crippen LogP contribution in [-0.4, -0.2) is 46.2 Å². The number of aromatic nitrogens is 1. The number of imide groups is 1. The van der Waals surface area contributed by atoms with Crippen LogP contribution >= 0.6 is 11.3 Å². The van der Waals surface area contributed by atoms with E-state index in [1.165, 1.54) is 5.38 Å². The number of fused-ring (bicyclic) bond motifs is 1. The number of esters is 1. The Morgan fingerprint density at radius 1 is 1.03 bits per heavy atom. The number of hydrogen-bond donors (Lipinski definition) is 1. The van der Waals surface area contributed by atoms with E-state index in [0.717, 1.165) is 21.8 Å². The highest BCUT2D eigenvalue weighted by Crippen LogP contribution is 2.27. The van der Waals surface area contributed by atoms with E-state index in [9.17, 15) is 19.2 Å². The monoisotopic (exact) mass is 449 g/mol. The molecule has 162 valence electrons. The van der Waals surface area contributed by atoms with Crippen LogP contribution in [0.3, 0.4) is 0 Å². The van der Waals surface area contributed by atoms with Gasteiger partial charge in [0.1, 0.15) is 6.04 Å². The lowest BCUT2D eigenvalue weighted by Gasteiger charge is -2.25. The van der Waals surface area contributed by atoms with Crippen molar-refractivity contribution in [1.29, 1.82) is 0 Å². The zero-order valence-electron chi connectivity index (χ0n) is 17.1. The summed E-state index contributed by atoms with van der Waals surface area (Å²) < 4.78 is 4.91. The molecule has 1 N–H and O–H groups in total. The molecule has 2 heterocycles. The predicted octanol–water partition coefficient (Wildman–Crippen LogP) is 3.17. The molecule has 0 saturated heterocycles. The highest BCUT2D eigenvalue weighted by Gasteiger charge is 2.42. The predicted molar refractivity (Wildman–Crippen MR) is 118 cm³/mol. The molecule has 1 aromatic heterocycles. The number of carbonyl (C=O) groups is 4. The van der Waals surface area contributed by atoms with Crippen molar-refractivity contribution in [2.45, 2.75) is 19.4 Å². The molecule has 0 spiro atoms. The zero-order chi connectivity index (χ0) is 22.7. The Morgan fingerprint density at radius 2 is 1.66 bits per heavy atom. The van der Waals surface area contributed by atoms with E-state index in [4.69, 9.17) is 4.74 Å². The van der Waals surface area contributed by atoms with Crippen LogP contribution in [0.25, 0.3) is 0 Å². The molecule has 0 saturated carbocycles. The van der Waals surface area contributed by atoms with E-state index in [1.54, 1.807) is 31.2 Å². The molecule has 1 unspecified atom stereocenters. The number of hydrogen-bond acceptors (Lipinski definition) is 7. The number of nitrogens with one attached hydrogen (secondary N) is 1. The highest BCUT2D eigenvalue weighted by molar-refractivity contribution is 7.14. The van der Waals surface area contributed by atoms with E-state index in [1.807, 2.05) is 30.3 Å². The molecule has 2 aromatic carbocycles. The average molecular weight is 449 g/mol. The van der Waals surface area contributed by atoms with Crippen molar-refractivity contribution in [3.05, 3.63) is 82.4 Å². The van der Waals surface area contributed by atoms with E-state index in [2.05, 4.69) is 10.3 Å². The quantitative estimate of drug-likeness (QED) is 0.439. The molecule has 1 atom stereocenters. The number of anilines is 1. The molecule has 3 aromatic rings. The van der Waals surface area contributed by atoms with Crippen molar-refractivity contribution >= 4 is 40.2 Å². The molecule has 3 amide bonds. The first-order valence-corrected chi connectivity index (χ1v) is 10.8. The van der Waals surface area contributed by atoms with E-state index in [0.29, 0.717) is 0 Å². The van der Waals surface area contributed by atoms with Crippen molar-refractivity contribution in [3.63, 3.8) is 0 Å². The average Bonchev–Trinajstić information content (AvgIpc) is 3.36. The molecule has 0 radical (unpaired) electrons. The van der Waals surface area contributed by atoms with Gasteiger partial charge in [-0.25, -0.2) is 9.78 Å². The minimum Gasteiger partial charge on any atom is -0.461 e. The summed E-state index contributed by atoms with van der Waals surface area (Å²) in [6.07, 6.45) is 0.133. The maximum absolute atomic E-state index is 13.2. The lowest BCUT2D eigenvalue weighted by Crippen LogP contribution is -2.48. The Bertz CT molecular complexity index is 1160. The van der Waals surface area contributed by atoms with Gasteiger partial charge in [0.15, 0.2) is 10.8 Å². The number of carbonyl (C=O) groups excluding carboxylic acids is 4. The SMILES string of the molecule is CCOC(=O)c1csc(NC(=O)C(Cc2ccccc2)N2C(=O)c3ccccc3C2=O)n1. The molecule has 0 aliphatic carbocycles. The second-order valence-electron chi connectivity index (χ2n) is 6.98.